The number of nitrogens with zero attached hydrogens (tertiary/aromatic N) is 2. The zero-order chi connectivity index (χ0) is 31.5. The third-order valence-corrected chi connectivity index (χ3v) is 7.87. The van der Waals surface area contributed by atoms with Gasteiger partial charge in [-0.2, -0.15) is 0 Å². The number of primary amides is 1. The molecule has 0 spiro atoms. The van der Waals surface area contributed by atoms with Crippen molar-refractivity contribution in [2.24, 2.45) is 11.7 Å². The molecule has 7 amide bonds. The van der Waals surface area contributed by atoms with E-state index < -0.39 is 47.4 Å². The second-order valence-corrected chi connectivity index (χ2v) is 11.8. The van der Waals surface area contributed by atoms with Gasteiger partial charge in [0.2, 0.25) is 11.8 Å². The number of imide groups is 1. The van der Waals surface area contributed by atoms with Crippen LogP contribution in [-0.2, 0) is 20.9 Å². The van der Waals surface area contributed by atoms with Crippen molar-refractivity contribution < 1.29 is 28.7 Å². The Kier molecular flexibility index (Phi) is 9.27. The number of benzene rings is 2. The van der Waals surface area contributed by atoms with Crippen molar-refractivity contribution >= 4 is 41.2 Å². The molecule has 230 valence electrons. The first kappa shape index (κ1) is 31.3. The molecular formula is C31H40N6O6. The maximum atomic E-state index is 13.8. The third kappa shape index (κ3) is 7.25. The number of anilines is 2. The maximum absolute atomic E-state index is 13.8. The van der Waals surface area contributed by atoms with Gasteiger partial charge in [0, 0.05) is 24.7 Å². The van der Waals surface area contributed by atoms with E-state index in [4.69, 9.17) is 10.5 Å². The number of hydrogen-bond acceptors (Lipinski definition) is 6. The Morgan fingerprint density at radius 3 is 2.37 bits per heavy atom. The Bertz CT molecular complexity index is 1420. The second-order valence-electron chi connectivity index (χ2n) is 11.8. The van der Waals surface area contributed by atoms with Crippen molar-refractivity contribution in [1.29, 1.82) is 0 Å². The van der Waals surface area contributed by atoms with E-state index in [1.807, 2.05) is 25.1 Å². The SMILES string of the molecule is COc1cc(CN2C(=O)N([C@@H](CC3CC3)C(=O)N[C@H](C)CC(N)=O)C(=O)C2(C)C)ccc1NC(=O)Nc1ccccc1C. The topological polar surface area (TPSA) is 163 Å². The lowest BCUT2D eigenvalue weighted by molar-refractivity contribution is -0.139. The highest BCUT2D eigenvalue weighted by atomic mass is 16.5. The zero-order valence-corrected chi connectivity index (χ0v) is 25.2. The van der Waals surface area contributed by atoms with Crippen LogP contribution in [0.1, 0.15) is 57.6 Å². The Labute approximate surface area is 251 Å². The number of para-hydroxylation sites is 1. The first-order valence-electron chi connectivity index (χ1n) is 14.4. The molecule has 0 unspecified atom stereocenters. The number of hydrogen-bond donors (Lipinski definition) is 4. The lowest BCUT2D eigenvalue weighted by Crippen LogP contribution is -2.53. The normalized spacial score (nSPS) is 17.3. The summed E-state index contributed by atoms with van der Waals surface area (Å²) in [6, 6.07) is 9.95. The lowest BCUT2D eigenvalue weighted by Gasteiger charge is -2.28. The van der Waals surface area contributed by atoms with Gasteiger partial charge in [-0.3, -0.25) is 14.4 Å². The van der Waals surface area contributed by atoms with Crippen molar-refractivity contribution in [2.45, 2.75) is 77.5 Å². The number of urea groups is 2. The first-order valence-corrected chi connectivity index (χ1v) is 14.4. The molecule has 0 aromatic heterocycles. The summed E-state index contributed by atoms with van der Waals surface area (Å²) < 4.78 is 5.52. The number of nitrogens with two attached hydrogens (primary N) is 1. The van der Waals surface area contributed by atoms with Crippen LogP contribution in [0.15, 0.2) is 42.5 Å². The van der Waals surface area contributed by atoms with Crippen LogP contribution in [0.2, 0.25) is 0 Å². The molecule has 4 rings (SSSR count). The van der Waals surface area contributed by atoms with E-state index in [0.717, 1.165) is 23.3 Å². The van der Waals surface area contributed by atoms with E-state index in [-0.39, 0.29) is 18.9 Å². The van der Waals surface area contributed by atoms with E-state index in [1.165, 1.54) is 12.0 Å². The van der Waals surface area contributed by atoms with E-state index in [2.05, 4.69) is 16.0 Å². The van der Waals surface area contributed by atoms with Crippen molar-refractivity contribution in [3.63, 3.8) is 0 Å². The van der Waals surface area contributed by atoms with Crippen molar-refractivity contribution in [3.05, 3.63) is 53.6 Å². The highest BCUT2D eigenvalue weighted by molar-refractivity contribution is 6.09. The minimum atomic E-state index is -1.23. The van der Waals surface area contributed by atoms with Gasteiger partial charge in [0.1, 0.15) is 17.3 Å². The predicted octanol–water partition coefficient (Wildman–Crippen LogP) is 3.74. The standard InChI is InChI=1S/C31H40N6O6/c1-18-8-6-7-9-22(18)34-29(41)35-23-13-12-21(16-25(23)43-5)17-36-30(42)37(28(40)31(36,3)4)24(15-20-10-11-20)27(39)33-19(2)14-26(32)38/h6-9,12-13,16,19-20,24H,10-11,14-15,17H2,1-5H3,(H2,32,38)(H,33,39)(H2,34,35,41)/t19-,24+/m1/s1. The van der Waals surface area contributed by atoms with E-state index in [0.29, 0.717) is 29.1 Å². The van der Waals surface area contributed by atoms with Gasteiger partial charge in [0.25, 0.3) is 5.91 Å². The molecule has 1 saturated carbocycles. The minimum Gasteiger partial charge on any atom is -0.495 e. The molecule has 5 N–H and O–H groups in total. The van der Waals surface area contributed by atoms with Gasteiger partial charge in [-0.1, -0.05) is 37.1 Å². The average Bonchev–Trinajstić information content (AvgIpc) is 3.74. The van der Waals surface area contributed by atoms with E-state index >= 15 is 0 Å². The van der Waals surface area contributed by atoms with Gasteiger partial charge < -0.3 is 31.3 Å². The predicted molar refractivity (Wildman–Crippen MR) is 161 cm³/mol. The Hall–Kier alpha value is -4.61. The number of aryl methyl sites for hydroxylation is 1. The van der Waals surface area contributed by atoms with Gasteiger partial charge in [-0.05, 0) is 69.4 Å². The summed E-state index contributed by atoms with van der Waals surface area (Å²) in [4.78, 5) is 67.2. The van der Waals surface area contributed by atoms with Crippen LogP contribution < -0.4 is 26.4 Å². The largest absolute Gasteiger partial charge is 0.495 e. The van der Waals surface area contributed by atoms with Gasteiger partial charge >= 0.3 is 12.1 Å². The molecule has 2 atom stereocenters. The molecule has 1 aliphatic carbocycles. The van der Waals surface area contributed by atoms with E-state index in [1.54, 1.807) is 45.0 Å². The summed E-state index contributed by atoms with van der Waals surface area (Å²) in [5.41, 5.74) is 6.72. The number of carbonyl (C=O) groups excluding carboxylic acids is 5. The van der Waals surface area contributed by atoms with Gasteiger partial charge in [-0.25, -0.2) is 14.5 Å². The number of rotatable bonds is 12. The third-order valence-electron chi connectivity index (χ3n) is 7.87. The van der Waals surface area contributed by atoms with E-state index in [9.17, 15) is 24.0 Å². The molecule has 12 heteroatoms. The fourth-order valence-corrected chi connectivity index (χ4v) is 5.21. The molecule has 2 fully saturated rings. The van der Waals surface area contributed by atoms with Crippen LogP contribution in [0.5, 0.6) is 5.75 Å². The van der Waals surface area contributed by atoms with Crippen molar-refractivity contribution in [2.75, 3.05) is 17.7 Å². The fourth-order valence-electron chi connectivity index (χ4n) is 5.21. The minimum absolute atomic E-state index is 0.0539. The molecule has 2 aliphatic rings. The second kappa shape index (κ2) is 12.7. The summed E-state index contributed by atoms with van der Waals surface area (Å²) in [6.07, 6.45) is 2.15. The molecule has 0 radical (unpaired) electrons. The van der Waals surface area contributed by atoms with Crippen LogP contribution in [0.4, 0.5) is 21.0 Å². The van der Waals surface area contributed by atoms with Gasteiger partial charge in [0.05, 0.1) is 12.8 Å². The number of ether oxygens (including phenoxy) is 1. The Balaban J connectivity index is 1.51. The molecule has 0 bridgehead atoms. The highest BCUT2D eigenvalue weighted by Crippen LogP contribution is 2.38. The molecule has 1 heterocycles. The first-order chi connectivity index (χ1) is 20.3. The summed E-state index contributed by atoms with van der Waals surface area (Å²) in [5.74, 6) is -0.900. The highest BCUT2D eigenvalue weighted by Gasteiger charge is 2.55. The van der Waals surface area contributed by atoms with Crippen LogP contribution in [-0.4, -0.2) is 64.3 Å². The quantitative estimate of drug-likeness (QED) is 0.274. The molecular weight excluding hydrogens is 552 g/mol. The van der Waals surface area contributed by atoms with Crippen molar-refractivity contribution in [1.82, 2.24) is 15.1 Å². The number of carbonyl (C=O) groups is 5. The summed E-state index contributed by atoms with van der Waals surface area (Å²) >= 11 is 0. The summed E-state index contributed by atoms with van der Waals surface area (Å²) in [7, 11) is 1.47. The van der Waals surface area contributed by atoms with Crippen LogP contribution in [0.3, 0.4) is 0 Å². The maximum Gasteiger partial charge on any atom is 0.328 e. The molecule has 2 aromatic rings. The fraction of sp³-hybridized carbons (Fsp3) is 0.452. The van der Waals surface area contributed by atoms with Crippen LogP contribution in [0, 0.1) is 12.8 Å². The average molecular weight is 593 g/mol. The Morgan fingerprint density at radius 1 is 1.07 bits per heavy atom. The monoisotopic (exact) mass is 592 g/mol. The van der Waals surface area contributed by atoms with Crippen LogP contribution in [0.25, 0.3) is 0 Å². The number of nitrogens with one attached hydrogen (secondary N) is 3. The molecule has 1 aliphatic heterocycles. The number of methoxy groups -OCH3 is 1. The molecule has 2 aromatic carbocycles. The van der Waals surface area contributed by atoms with Crippen molar-refractivity contribution in [3.8, 4) is 5.75 Å². The smallest absolute Gasteiger partial charge is 0.328 e. The van der Waals surface area contributed by atoms with Crippen LogP contribution >= 0.6 is 0 Å². The number of amides is 7. The molecule has 12 nitrogen and oxygen atoms in total. The molecule has 1 saturated heterocycles. The zero-order valence-electron chi connectivity index (χ0n) is 25.2. The summed E-state index contributed by atoms with van der Waals surface area (Å²) in [5, 5.41) is 8.34. The summed E-state index contributed by atoms with van der Waals surface area (Å²) in [6.45, 7) is 6.91. The Morgan fingerprint density at radius 2 is 1.74 bits per heavy atom. The van der Waals surface area contributed by atoms with Gasteiger partial charge in [-0.15, -0.1) is 0 Å². The molecule has 43 heavy (non-hydrogen) atoms. The van der Waals surface area contributed by atoms with Gasteiger partial charge in [0.15, 0.2) is 0 Å². The lowest BCUT2D eigenvalue weighted by atomic mass is 10.0.